The molecule has 1 fully saturated rings. The molecule has 13 heteroatoms. The first kappa shape index (κ1) is 53.6. The van der Waals surface area contributed by atoms with Crippen LogP contribution < -0.4 is 0 Å². The van der Waals surface area contributed by atoms with Crippen molar-refractivity contribution in [3.63, 3.8) is 0 Å². The molecule has 1 heterocycles. The summed E-state index contributed by atoms with van der Waals surface area (Å²) in [4.78, 5) is 12.8. The van der Waals surface area contributed by atoms with E-state index in [1.165, 1.54) is 96.3 Å². The van der Waals surface area contributed by atoms with Gasteiger partial charge in [0.1, 0.15) is 30.5 Å². The molecule has 0 amide bonds. The van der Waals surface area contributed by atoms with Crippen molar-refractivity contribution in [1.82, 2.24) is 0 Å². The van der Waals surface area contributed by atoms with Crippen molar-refractivity contribution in [2.75, 3.05) is 26.4 Å². The van der Waals surface area contributed by atoms with Gasteiger partial charge >= 0.3 is 16.4 Å². The molecular weight excluding hydrogens is 753 g/mol. The molecule has 0 radical (unpaired) electrons. The van der Waals surface area contributed by atoms with Crippen LogP contribution >= 0.6 is 0 Å². The molecule has 0 aromatic rings. The Bertz CT molecular complexity index is 1100. The summed E-state index contributed by atoms with van der Waals surface area (Å²) in [6.45, 7) is 3.96. The summed E-state index contributed by atoms with van der Waals surface area (Å²) in [6, 6.07) is 0. The lowest BCUT2D eigenvalue weighted by Gasteiger charge is -2.41. The number of aliphatic hydroxyl groups excluding tert-OH is 3. The quantitative estimate of drug-likeness (QED) is 0.0200. The van der Waals surface area contributed by atoms with Crippen LogP contribution in [0.3, 0.4) is 0 Å². The van der Waals surface area contributed by atoms with Crippen molar-refractivity contribution in [3.8, 4) is 0 Å². The Labute approximate surface area is 346 Å². The number of unbranched alkanes of at least 4 members (excludes halogenated alkanes) is 22. The predicted molar refractivity (Wildman–Crippen MR) is 225 cm³/mol. The second-order valence-electron chi connectivity index (χ2n) is 15.6. The van der Waals surface area contributed by atoms with Crippen LogP contribution in [0.4, 0.5) is 0 Å². The van der Waals surface area contributed by atoms with Crippen LogP contribution in [-0.4, -0.2) is 97.5 Å². The molecule has 4 N–H and O–H groups in total. The van der Waals surface area contributed by atoms with Crippen LogP contribution in [-0.2, 0) is 38.3 Å². The first-order valence-electron chi connectivity index (χ1n) is 22.6. The largest absolute Gasteiger partial charge is 0.457 e. The summed E-state index contributed by atoms with van der Waals surface area (Å²) < 4.78 is 59.0. The fourth-order valence-corrected chi connectivity index (χ4v) is 7.39. The van der Waals surface area contributed by atoms with Gasteiger partial charge in [-0.1, -0.05) is 160 Å². The molecule has 336 valence electrons. The summed E-state index contributed by atoms with van der Waals surface area (Å²) in [6.07, 6.45) is 30.6. The Kier molecular flexibility index (Phi) is 34.3. The van der Waals surface area contributed by atoms with Gasteiger partial charge in [0.25, 0.3) is 0 Å². The minimum atomic E-state index is -5.06. The van der Waals surface area contributed by atoms with Crippen molar-refractivity contribution in [2.24, 2.45) is 0 Å². The van der Waals surface area contributed by atoms with E-state index >= 15 is 0 Å². The zero-order valence-electron chi connectivity index (χ0n) is 35.7. The van der Waals surface area contributed by atoms with E-state index in [9.17, 15) is 28.5 Å². The number of allylic oxidation sites excluding steroid dienone is 4. The third kappa shape index (κ3) is 30.3. The second kappa shape index (κ2) is 36.4. The van der Waals surface area contributed by atoms with Crippen LogP contribution in [0.1, 0.15) is 187 Å². The van der Waals surface area contributed by atoms with Crippen molar-refractivity contribution in [3.05, 3.63) is 24.3 Å². The van der Waals surface area contributed by atoms with Gasteiger partial charge in [0, 0.05) is 13.0 Å². The van der Waals surface area contributed by atoms with Crippen LogP contribution in [0.5, 0.6) is 0 Å². The highest BCUT2D eigenvalue weighted by Crippen LogP contribution is 2.26. The number of carbonyl (C=O) groups excluding carboxylic acids is 1. The van der Waals surface area contributed by atoms with E-state index < -0.39 is 59.8 Å². The van der Waals surface area contributed by atoms with Gasteiger partial charge in [-0.05, 0) is 44.9 Å². The highest BCUT2D eigenvalue weighted by Gasteiger charge is 2.48. The van der Waals surface area contributed by atoms with Crippen LogP contribution in [0.25, 0.3) is 0 Å². The Morgan fingerprint density at radius 1 is 0.667 bits per heavy atom. The van der Waals surface area contributed by atoms with Crippen molar-refractivity contribution in [2.45, 2.75) is 224 Å². The van der Waals surface area contributed by atoms with Gasteiger partial charge < -0.3 is 34.3 Å². The zero-order chi connectivity index (χ0) is 41.8. The van der Waals surface area contributed by atoms with Gasteiger partial charge in [0.05, 0.1) is 19.8 Å². The monoisotopic (exact) mass is 835 g/mol. The highest BCUT2D eigenvalue weighted by molar-refractivity contribution is 7.80. The summed E-state index contributed by atoms with van der Waals surface area (Å²) >= 11 is 0. The molecule has 57 heavy (non-hydrogen) atoms. The molecule has 0 aromatic carbocycles. The molecule has 0 spiro atoms. The smallest absolute Gasteiger partial charge is 0.397 e. The van der Waals surface area contributed by atoms with Gasteiger partial charge in [0.2, 0.25) is 0 Å². The standard InChI is InChI=1S/C44H82O12S/c1-3-5-7-9-11-13-15-17-19-21-23-25-27-29-31-33-40(46)54-38(37-53-44-42(48)43(56-57(49,50)51)41(47)39(35-45)55-44)36-52-34-32-30-28-26-24-22-20-18-16-14-12-10-8-6-4-2/h11,13,17,19,38-39,41-45,47-48H,3-10,12,14-16,18,20-37H2,1-2H3,(H,49,50,51)/b13-11-,19-17-. The maximum Gasteiger partial charge on any atom is 0.397 e. The van der Waals surface area contributed by atoms with E-state index in [-0.39, 0.29) is 19.6 Å². The minimum Gasteiger partial charge on any atom is -0.457 e. The van der Waals surface area contributed by atoms with Crippen LogP contribution in [0.2, 0.25) is 0 Å². The molecule has 0 aliphatic carbocycles. The summed E-state index contributed by atoms with van der Waals surface area (Å²) in [5.74, 6) is -0.411. The number of ether oxygens (including phenoxy) is 4. The van der Waals surface area contributed by atoms with Crippen molar-refractivity contribution >= 4 is 16.4 Å². The van der Waals surface area contributed by atoms with Gasteiger partial charge in [-0.2, -0.15) is 8.42 Å². The number of esters is 1. The lowest BCUT2D eigenvalue weighted by Crippen LogP contribution is -2.60. The lowest BCUT2D eigenvalue weighted by molar-refractivity contribution is -0.301. The average molecular weight is 835 g/mol. The van der Waals surface area contributed by atoms with E-state index in [0.717, 1.165) is 64.2 Å². The molecule has 0 aromatic heterocycles. The zero-order valence-corrected chi connectivity index (χ0v) is 36.5. The molecule has 1 saturated heterocycles. The SMILES string of the molecule is CCCCC/C=C\C/C=C\CCCCCCCC(=O)OC(COCCCCCCCCCCCCCCCCC)COC1OC(CO)C(O)C(OS(=O)(=O)O)C1O. The van der Waals surface area contributed by atoms with Crippen LogP contribution in [0, 0.1) is 0 Å². The maximum atomic E-state index is 12.8. The topological polar surface area (TPSA) is 178 Å². The minimum absolute atomic E-state index is 0.0341. The highest BCUT2D eigenvalue weighted by atomic mass is 32.3. The third-order valence-corrected chi connectivity index (χ3v) is 10.8. The molecule has 1 rings (SSSR count). The number of hydrogen-bond acceptors (Lipinski definition) is 11. The molecule has 1 aliphatic heterocycles. The van der Waals surface area contributed by atoms with Gasteiger partial charge in [-0.25, -0.2) is 4.18 Å². The Morgan fingerprint density at radius 2 is 1.16 bits per heavy atom. The van der Waals surface area contributed by atoms with Gasteiger partial charge in [-0.3, -0.25) is 9.35 Å². The normalized spacial score (nSPS) is 20.8. The van der Waals surface area contributed by atoms with E-state index in [4.69, 9.17) is 23.5 Å². The van der Waals surface area contributed by atoms with Gasteiger partial charge in [0.15, 0.2) is 6.29 Å². The summed E-state index contributed by atoms with van der Waals surface area (Å²) in [7, 11) is -5.06. The van der Waals surface area contributed by atoms with Crippen LogP contribution in [0.15, 0.2) is 24.3 Å². The average Bonchev–Trinajstić information content (AvgIpc) is 3.18. The fraction of sp³-hybridized carbons (Fsp3) is 0.886. The van der Waals surface area contributed by atoms with Crippen molar-refractivity contribution < 1.29 is 56.2 Å². The first-order valence-corrected chi connectivity index (χ1v) is 24.0. The number of carbonyl (C=O) groups is 1. The third-order valence-electron chi connectivity index (χ3n) is 10.3. The Balaban J connectivity index is 2.44. The second-order valence-corrected chi connectivity index (χ2v) is 16.7. The van der Waals surface area contributed by atoms with E-state index in [1.807, 2.05) is 0 Å². The summed E-state index contributed by atoms with van der Waals surface area (Å²) in [5, 5.41) is 30.6. The number of rotatable bonds is 39. The number of hydrogen-bond donors (Lipinski definition) is 4. The molecule has 0 bridgehead atoms. The first-order chi connectivity index (χ1) is 27.6. The fourth-order valence-electron chi connectivity index (χ4n) is 6.88. The Morgan fingerprint density at radius 3 is 1.70 bits per heavy atom. The lowest BCUT2D eigenvalue weighted by atomic mass is 9.99. The molecule has 6 atom stereocenters. The molecular formula is C44H82O12S. The Hall–Kier alpha value is -1.42. The van der Waals surface area contributed by atoms with E-state index in [1.54, 1.807) is 0 Å². The molecule has 12 nitrogen and oxygen atoms in total. The molecule has 0 saturated carbocycles. The molecule has 1 aliphatic rings. The number of aliphatic hydroxyl groups is 3. The van der Waals surface area contributed by atoms with E-state index in [0.29, 0.717) is 13.0 Å². The van der Waals surface area contributed by atoms with E-state index in [2.05, 4.69) is 42.3 Å². The van der Waals surface area contributed by atoms with Crippen molar-refractivity contribution in [1.29, 1.82) is 0 Å². The predicted octanol–water partition coefficient (Wildman–Crippen LogP) is 9.24. The maximum absolute atomic E-state index is 12.8. The van der Waals surface area contributed by atoms with Gasteiger partial charge in [-0.15, -0.1) is 0 Å². The summed E-state index contributed by atoms with van der Waals surface area (Å²) in [5.41, 5.74) is 0. The molecule has 6 unspecified atom stereocenters.